The first-order chi connectivity index (χ1) is 7.68. The summed E-state index contributed by atoms with van der Waals surface area (Å²) in [6.45, 7) is 11.1. The summed E-state index contributed by atoms with van der Waals surface area (Å²) in [6, 6.07) is 0. The van der Waals surface area contributed by atoms with Crippen molar-refractivity contribution in [3.05, 3.63) is 12.2 Å². The fraction of sp³-hybridized carbons (Fsp3) is 0.846. The van der Waals surface area contributed by atoms with Crippen LogP contribution in [0.5, 0.6) is 0 Å². The van der Waals surface area contributed by atoms with Crippen molar-refractivity contribution in [3.63, 3.8) is 0 Å². The van der Waals surface area contributed by atoms with Crippen LogP contribution >= 0.6 is 12.0 Å². The summed E-state index contributed by atoms with van der Waals surface area (Å²) in [4.78, 5) is 0. The lowest BCUT2D eigenvalue weighted by Gasteiger charge is -2.41. The lowest BCUT2D eigenvalue weighted by Crippen LogP contribution is -2.53. The Morgan fingerprint density at radius 3 is 2.50 bits per heavy atom. The van der Waals surface area contributed by atoms with E-state index >= 15 is 0 Å². The zero-order chi connectivity index (χ0) is 11.9. The van der Waals surface area contributed by atoms with Crippen LogP contribution in [0.1, 0.15) is 39.0 Å². The first kappa shape index (κ1) is 14.1. The molecule has 1 aliphatic heterocycles. The van der Waals surface area contributed by atoms with Crippen molar-refractivity contribution >= 4 is 12.0 Å². The van der Waals surface area contributed by atoms with E-state index in [1.807, 2.05) is 0 Å². The van der Waals surface area contributed by atoms with Gasteiger partial charge in [0.1, 0.15) is 0 Å². The molecule has 0 amide bonds. The minimum atomic E-state index is 0.882. The molecule has 3 heteroatoms. The highest BCUT2D eigenvalue weighted by Gasteiger charge is 2.28. The van der Waals surface area contributed by atoms with Gasteiger partial charge in [-0.3, -0.25) is 0 Å². The standard InChI is InChI=1S/C13H25NOS/c1-13(2)7-6-10-14(11-12-16-15)8-4-3-5-9-14/h1,3-12H2,2H3/p+1. The van der Waals surface area contributed by atoms with E-state index in [2.05, 4.69) is 13.5 Å². The van der Waals surface area contributed by atoms with E-state index in [1.54, 1.807) is 0 Å². The second kappa shape index (κ2) is 7.36. The Labute approximate surface area is 105 Å². The van der Waals surface area contributed by atoms with Gasteiger partial charge in [-0.25, -0.2) is 0 Å². The molecule has 0 aromatic carbocycles. The minimum Gasteiger partial charge on any atom is -0.330 e. The average molecular weight is 244 g/mol. The molecule has 1 rings (SSSR count). The van der Waals surface area contributed by atoms with Gasteiger partial charge in [0.05, 0.1) is 31.9 Å². The monoisotopic (exact) mass is 244 g/mol. The SMILES string of the molecule is C=C(C)CCC[N+]1(CCSO)CCCCC1. The maximum atomic E-state index is 8.92. The van der Waals surface area contributed by atoms with Crippen LogP contribution in [0.3, 0.4) is 0 Å². The smallest absolute Gasteiger partial charge is 0.0901 e. The van der Waals surface area contributed by atoms with E-state index in [0.29, 0.717) is 0 Å². The van der Waals surface area contributed by atoms with Crippen molar-refractivity contribution < 1.29 is 9.04 Å². The predicted molar refractivity (Wildman–Crippen MR) is 72.7 cm³/mol. The van der Waals surface area contributed by atoms with Gasteiger partial charge in [0, 0.05) is 6.42 Å². The molecule has 16 heavy (non-hydrogen) atoms. The van der Waals surface area contributed by atoms with Crippen LogP contribution in [0.25, 0.3) is 0 Å². The maximum absolute atomic E-state index is 8.92. The van der Waals surface area contributed by atoms with Gasteiger partial charge in [0.15, 0.2) is 0 Å². The molecule has 94 valence electrons. The lowest BCUT2D eigenvalue weighted by atomic mass is 10.1. The first-order valence-electron chi connectivity index (χ1n) is 6.44. The number of hydrogen-bond donors (Lipinski definition) is 1. The van der Waals surface area contributed by atoms with Gasteiger partial charge in [-0.05, 0) is 44.6 Å². The molecule has 1 heterocycles. The third-order valence-electron chi connectivity index (χ3n) is 3.66. The number of rotatable bonds is 7. The first-order valence-corrected chi connectivity index (χ1v) is 7.39. The number of piperidine rings is 1. The number of hydrogen-bond acceptors (Lipinski definition) is 2. The van der Waals surface area contributed by atoms with Crippen LogP contribution in [0.4, 0.5) is 0 Å². The molecule has 1 fully saturated rings. The van der Waals surface area contributed by atoms with Gasteiger partial charge in [0.2, 0.25) is 0 Å². The normalized spacial score (nSPS) is 19.6. The molecule has 0 unspecified atom stereocenters. The van der Waals surface area contributed by atoms with Gasteiger partial charge in [-0.1, -0.05) is 5.57 Å². The van der Waals surface area contributed by atoms with Gasteiger partial charge < -0.3 is 9.04 Å². The molecule has 0 spiro atoms. The fourth-order valence-corrected chi connectivity index (χ4v) is 3.16. The van der Waals surface area contributed by atoms with Crippen molar-refractivity contribution in [1.29, 1.82) is 0 Å². The number of likely N-dealkylation sites (tertiary alicyclic amines) is 1. The minimum absolute atomic E-state index is 0.882. The summed E-state index contributed by atoms with van der Waals surface area (Å²) in [5.74, 6) is 0.882. The quantitative estimate of drug-likeness (QED) is 0.420. The predicted octanol–water partition coefficient (Wildman–Crippen LogP) is 3.55. The molecule has 1 N–H and O–H groups in total. The molecule has 0 atom stereocenters. The molecular weight excluding hydrogens is 218 g/mol. The summed E-state index contributed by atoms with van der Waals surface area (Å²) >= 11 is 1.00. The number of nitrogens with zero attached hydrogens (tertiary/aromatic N) is 1. The summed E-state index contributed by atoms with van der Waals surface area (Å²) in [5.41, 5.74) is 1.30. The maximum Gasteiger partial charge on any atom is 0.0901 e. The third kappa shape index (κ3) is 4.89. The zero-order valence-electron chi connectivity index (χ0n) is 10.6. The Balaban J connectivity index is 2.38. The average Bonchev–Trinajstić information content (AvgIpc) is 2.27. The van der Waals surface area contributed by atoms with E-state index in [9.17, 15) is 0 Å². The number of quaternary nitrogens is 1. The van der Waals surface area contributed by atoms with Gasteiger partial charge in [-0.2, -0.15) is 0 Å². The largest absolute Gasteiger partial charge is 0.330 e. The molecule has 2 nitrogen and oxygen atoms in total. The van der Waals surface area contributed by atoms with Crippen LogP contribution in [-0.4, -0.2) is 41.0 Å². The van der Waals surface area contributed by atoms with Crippen LogP contribution in [0.2, 0.25) is 0 Å². The van der Waals surface area contributed by atoms with Gasteiger partial charge >= 0.3 is 0 Å². The Morgan fingerprint density at radius 1 is 1.25 bits per heavy atom. The topological polar surface area (TPSA) is 20.2 Å². The fourth-order valence-electron chi connectivity index (χ4n) is 2.69. The van der Waals surface area contributed by atoms with E-state index in [1.165, 1.54) is 55.4 Å². The second-order valence-corrected chi connectivity index (χ2v) is 5.86. The van der Waals surface area contributed by atoms with E-state index in [4.69, 9.17) is 4.55 Å². The van der Waals surface area contributed by atoms with Crippen LogP contribution in [0, 0.1) is 0 Å². The van der Waals surface area contributed by atoms with Gasteiger partial charge in [0.25, 0.3) is 0 Å². The van der Waals surface area contributed by atoms with Crippen molar-refractivity contribution in [3.8, 4) is 0 Å². The summed E-state index contributed by atoms with van der Waals surface area (Å²) in [6.07, 6.45) is 6.54. The Hall–Kier alpha value is 0.01000. The highest BCUT2D eigenvalue weighted by Crippen LogP contribution is 2.21. The highest BCUT2D eigenvalue weighted by atomic mass is 32.2. The van der Waals surface area contributed by atoms with Crippen LogP contribution in [-0.2, 0) is 0 Å². The molecule has 1 aliphatic rings. The van der Waals surface area contributed by atoms with E-state index in [0.717, 1.165) is 30.8 Å². The molecule has 0 aromatic rings. The zero-order valence-corrected chi connectivity index (χ0v) is 11.4. The number of allylic oxidation sites excluding steroid dienone is 1. The van der Waals surface area contributed by atoms with Crippen molar-refractivity contribution in [2.75, 3.05) is 31.9 Å². The molecule has 0 aliphatic carbocycles. The van der Waals surface area contributed by atoms with E-state index in [-0.39, 0.29) is 0 Å². The second-order valence-electron chi connectivity index (χ2n) is 5.19. The Bertz CT molecular complexity index is 212. The van der Waals surface area contributed by atoms with Crippen molar-refractivity contribution in [1.82, 2.24) is 0 Å². The molecule has 0 aromatic heterocycles. The van der Waals surface area contributed by atoms with Crippen LogP contribution < -0.4 is 0 Å². The molecule has 0 radical (unpaired) electrons. The summed E-state index contributed by atoms with van der Waals surface area (Å²) in [7, 11) is 0. The summed E-state index contributed by atoms with van der Waals surface area (Å²) < 4.78 is 10.2. The molecule has 1 saturated heterocycles. The third-order valence-corrected chi connectivity index (χ3v) is 4.02. The molecule has 0 bridgehead atoms. The highest BCUT2D eigenvalue weighted by molar-refractivity contribution is 7.93. The van der Waals surface area contributed by atoms with Crippen molar-refractivity contribution in [2.24, 2.45) is 0 Å². The Kier molecular flexibility index (Phi) is 6.47. The van der Waals surface area contributed by atoms with E-state index < -0.39 is 0 Å². The molecular formula is C13H26NOS+. The lowest BCUT2D eigenvalue weighted by molar-refractivity contribution is -0.930. The Morgan fingerprint density at radius 2 is 1.94 bits per heavy atom. The summed E-state index contributed by atoms with van der Waals surface area (Å²) in [5, 5.41) is 0. The van der Waals surface area contributed by atoms with Crippen LogP contribution in [0.15, 0.2) is 12.2 Å². The van der Waals surface area contributed by atoms with Crippen molar-refractivity contribution in [2.45, 2.75) is 39.0 Å². The van der Waals surface area contributed by atoms with Gasteiger partial charge in [-0.15, -0.1) is 6.58 Å². The molecule has 0 saturated carbocycles.